The Morgan fingerprint density at radius 1 is 0.640 bits per heavy atom. The molecule has 0 amide bonds. The molecule has 0 bridgehead atoms. The summed E-state index contributed by atoms with van der Waals surface area (Å²) in [5.74, 6) is 0. The van der Waals surface area contributed by atoms with Gasteiger partial charge < -0.3 is 4.74 Å². The molecular weight excluding hydrogens is 304 g/mol. The summed E-state index contributed by atoms with van der Waals surface area (Å²) in [6.07, 6.45) is 22.6. The van der Waals surface area contributed by atoms with Crippen LogP contribution < -0.4 is 0 Å². The first-order chi connectivity index (χ1) is 12.4. The van der Waals surface area contributed by atoms with Crippen molar-refractivity contribution < 1.29 is 4.74 Å². The van der Waals surface area contributed by atoms with Gasteiger partial charge in [-0.1, -0.05) is 94.5 Å². The molecule has 0 spiro atoms. The second-order valence-electron chi connectivity index (χ2n) is 7.63. The first-order valence-corrected chi connectivity index (χ1v) is 10.8. The van der Waals surface area contributed by atoms with Crippen LogP contribution in [0.1, 0.15) is 95.5 Å². The summed E-state index contributed by atoms with van der Waals surface area (Å²) in [7, 11) is 0. The molecule has 0 heterocycles. The fourth-order valence-corrected chi connectivity index (χ4v) is 3.71. The maximum absolute atomic E-state index is 5.90. The molecule has 0 saturated heterocycles. The Labute approximate surface area is 155 Å². The van der Waals surface area contributed by atoms with E-state index >= 15 is 0 Å². The third-order valence-corrected chi connectivity index (χ3v) is 5.35. The molecule has 1 nitrogen and oxygen atoms in total. The molecule has 2 rings (SSSR count). The number of benzene rings is 1. The molecule has 1 saturated carbocycles. The Kier molecular flexibility index (Phi) is 11.2. The van der Waals surface area contributed by atoms with E-state index in [9.17, 15) is 0 Å². The number of hydrogen-bond acceptors (Lipinski definition) is 1. The first kappa shape index (κ1) is 20.1. The molecule has 1 aromatic rings. The maximum atomic E-state index is 5.90. The predicted octanol–water partition coefficient (Wildman–Crippen LogP) is 7.60. The Morgan fingerprint density at radius 3 is 1.64 bits per heavy atom. The summed E-state index contributed by atoms with van der Waals surface area (Å²) < 4.78 is 5.90. The van der Waals surface area contributed by atoms with Crippen LogP contribution in [0.3, 0.4) is 0 Å². The number of ether oxygens (including phenoxy) is 1. The van der Waals surface area contributed by atoms with E-state index in [2.05, 4.69) is 36.6 Å². The van der Waals surface area contributed by atoms with Crippen LogP contribution >= 0.6 is 0 Å². The summed E-state index contributed by atoms with van der Waals surface area (Å²) >= 11 is 0. The highest BCUT2D eigenvalue weighted by molar-refractivity contribution is 5.14. The summed E-state index contributed by atoms with van der Waals surface area (Å²) in [6, 6.07) is 10.6. The summed E-state index contributed by atoms with van der Waals surface area (Å²) in [5.41, 5.74) is 2.91. The lowest BCUT2D eigenvalue weighted by Gasteiger charge is -2.09. The SMILES string of the molecule is C(OCCc1ccccc1)=C1CCCCCCCCCCCCCC1. The van der Waals surface area contributed by atoms with Crippen molar-refractivity contribution in [3.8, 4) is 0 Å². The Morgan fingerprint density at radius 2 is 1.12 bits per heavy atom. The molecule has 1 aromatic carbocycles. The Bertz CT molecular complexity index is 430. The number of rotatable bonds is 4. The van der Waals surface area contributed by atoms with E-state index in [0.717, 1.165) is 13.0 Å². The van der Waals surface area contributed by atoms with Crippen LogP contribution in [0.2, 0.25) is 0 Å². The second kappa shape index (κ2) is 14.0. The largest absolute Gasteiger partial charge is 0.501 e. The first-order valence-electron chi connectivity index (χ1n) is 10.8. The minimum Gasteiger partial charge on any atom is -0.501 e. The van der Waals surface area contributed by atoms with Gasteiger partial charge in [0.25, 0.3) is 0 Å². The van der Waals surface area contributed by atoms with Gasteiger partial charge in [-0.15, -0.1) is 0 Å². The van der Waals surface area contributed by atoms with Crippen LogP contribution in [0.5, 0.6) is 0 Å². The molecule has 0 aromatic heterocycles. The molecule has 0 radical (unpaired) electrons. The van der Waals surface area contributed by atoms with Crippen LogP contribution in [0.15, 0.2) is 42.2 Å². The number of allylic oxidation sites excluding steroid dienone is 1. The van der Waals surface area contributed by atoms with Crippen molar-refractivity contribution in [3.05, 3.63) is 47.7 Å². The van der Waals surface area contributed by atoms with Crippen molar-refractivity contribution >= 4 is 0 Å². The van der Waals surface area contributed by atoms with Gasteiger partial charge in [0.05, 0.1) is 12.9 Å². The summed E-state index contributed by atoms with van der Waals surface area (Å²) in [4.78, 5) is 0. The Balaban J connectivity index is 1.71. The highest BCUT2D eigenvalue weighted by Crippen LogP contribution is 2.20. The predicted molar refractivity (Wildman–Crippen MR) is 109 cm³/mol. The van der Waals surface area contributed by atoms with E-state index in [1.165, 1.54) is 95.5 Å². The van der Waals surface area contributed by atoms with Crippen LogP contribution in [0.25, 0.3) is 0 Å². The molecule has 140 valence electrons. The minimum atomic E-state index is 0.799. The normalized spacial score (nSPS) is 18.8. The van der Waals surface area contributed by atoms with Gasteiger partial charge in [-0.3, -0.25) is 0 Å². The van der Waals surface area contributed by atoms with E-state index in [1.807, 2.05) is 0 Å². The van der Waals surface area contributed by atoms with E-state index in [1.54, 1.807) is 5.57 Å². The van der Waals surface area contributed by atoms with Gasteiger partial charge in [0.1, 0.15) is 0 Å². The zero-order chi connectivity index (χ0) is 17.4. The average Bonchev–Trinajstić information content (AvgIpc) is 2.66. The minimum absolute atomic E-state index is 0.799. The van der Waals surface area contributed by atoms with Gasteiger partial charge in [0.2, 0.25) is 0 Å². The van der Waals surface area contributed by atoms with Gasteiger partial charge in [0, 0.05) is 6.42 Å². The fraction of sp³-hybridized carbons (Fsp3) is 0.667. The molecular formula is C24H38O. The molecule has 1 aliphatic carbocycles. The van der Waals surface area contributed by atoms with Crippen molar-refractivity contribution in [1.82, 2.24) is 0 Å². The standard InChI is InChI=1S/C24H38O/c1-2-4-6-8-10-13-19-24(18-12-9-7-5-3-1)22-25-21-20-23-16-14-11-15-17-23/h11,14-17,22H,1-10,12-13,18-21H2. The van der Waals surface area contributed by atoms with Crippen molar-refractivity contribution in [2.24, 2.45) is 0 Å². The lowest BCUT2D eigenvalue weighted by molar-refractivity contribution is 0.248. The van der Waals surface area contributed by atoms with E-state index in [0.29, 0.717) is 0 Å². The van der Waals surface area contributed by atoms with Crippen LogP contribution in [0.4, 0.5) is 0 Å². The van der Waals surface area contributed by atoms with Gasteiger partial charge >= 0.3 is 0 Å². The maximum Gasteiger partial charge on any atom is 0.0913 e. The third kappa shape index (κ3) is 10.4. The summed E-state index contributed by atoms with van der Waals surface area (Å²) in [6.45, 7) is 0.799. The topological polar surface area (TPSA) is 9.23 Å². The van der Waals surface area contributed by atoms with Crippen LogP contribution in [-0.2, 0) is 11.2 Å². The second-order valence-corrected chi connectivity index (χ2v) is 7.63. The zero-order valence-corrected chi connectivity index (χ0v) is 16.2. The van der Waals surface area contributed by atoms with Crippen LogP contribution in [0, 0.1) is 0 Å². The highest BCUT2D eigenvalue weighted by atomic mass is 16.5. The Hall–Kier alpha value is -1.24. The van der Waals surface area contributed by atoms with Crippen LogP contribution in [-0.4, -0.2) is 6.61 Å². The monoisotopic (exact) mass is 342 g/mol. The molecule has 0 aliphatic heterocycles. The van der Waals surface area contributed by atoms with Crippen molar-refractivity contribution in [2.75, 3.05) is 6.61 Å². The molecule has 25 heavy (non-hydrogen) atoms. The number of hydrogen-bond donors (Lipinski definition) is 0. The van der Waals surface area contributed by atoms with Gasteiger partial charge in [0.15, 0.2) is 0 Å². The summed E-state index contributed by atoms with van der Waals surface area (Å²) in [5, 5.41) is 0. The average molecular weight is 343 g/mol. The lowest BCUT2D eigenvalue weighted by Crippen LogP contribution is -1.96. The molecule has 1 aliphatic rings. The van der Waals surface area contributed by atoms with E-state index in [4.69, 9.17) is 4.74 Å². The van der Waals surface area contributed by atoms with Gasteiger partial charge in [-0.25, -0.2) is 0 Å². The van der Waals surface area contributed by atoms with Gasteiger partial charge in [-0.05, 0) is 36.8 Å². The smallest absolute Gasteiger partial charge is 0.0913 e. The van der Waals surface area contributed by atoms with Crippen molar-refractivity contribution in [2.45, 2.75) is 96.3 Å². The third-order valence-electron chi connectivity index (χ3n) is 5.35. The van der Waals surface area contributed by atoms with Crippen molar-refractivity contribution in [1.29, 1.82) is 0 Å². The van der Waals surface area contributed by atoms with Gasteiger partial charge in [-0.2, -0.15) is 0 Å². The highest BCUT2D eigenvalue weighted by Gasteiger charge is 2.02. The molecule has 0 atom stereocenters. The zero-order valence-electron chi connectivity index (χ0n) is 16.2. The molecule has 0 N–H and O–H groups in total. The lowest BCUT2D eigenvalue weighted by atomic mass is 10.0. The molecule has 1 heteroatoms. The fourth-order valence-electron chi connectivity index (χ4n) is 3.71. The van der Waals surface area contributed by atoms with E-state index < -0.39 is 0 Å². The van der Waals surface area contributed by atoms with E-state index in [-0.39, 0.29) is 0 Å². The molecule has 1 fully saturated rings. The molecule has 0 unspecified atom stereocenters. The quantitative estimate of drug-likeness (QED) is 0.404. The van der Waals surface area contributed by atoms with Crippen molar-refractivity contribution in [3.63, 3.8) is 0 Å².